The predicted molar refractivity (Wildman–Crippen MR) is 120 cm³/mol. The monoisotopic (exact) mass is 454 g/mol. The number of oxime groups is 1. The van der Waals surface area contributed by atoms with Gasteiger partial charge in [0.05, 0.1) is 5.56 Å². The zero-order valence-electron chi connectivity index (χ0n) is 17.7. The summed E-state index contributed by atoms with van der Waals surface area (Å²) in [4.78, 5) is 17.1. The smallest absolute Gasteiger partial charge is 0.339 e. The van der Waals surface area contributed by atoms with Gasteiger partial charge in [0.15, 0.2) is 17.2 Å². The Bertz CT molecular complexity index is 1250. The first-order valence-electron chi connectivity index (χ1n) is 9.56. The van der Waals surface area contributed by atoms with Crippen LogP contribution in [0.5, 0.6) is 17.2 Å². The number of hydrogen-bond acceptors (Lipinski definition) is 7. The molecule has 0 saturated carbocycles. The third-order valence-corrected chi connectivity index (χ3v) is 5.54. The summed E-state index contributed by atoms with van der Waals surface area (Å²) in [7, 11) is -1.30. The number of ether oxygens (including phenoxy) is 1. The predicted octanol–water partition coefficient (Wildman–Crippen LogP) is 3.65. The van der Waals surface area contributed by atoms with E-state index in [2.05, 4.69) is 10.5 Å². The molecule has 0 aliphatic carbocycles. The maximum Gasteiger partial charge on any atom is 0.339 e. The van der Waals surface area contributed by atoms with Crippen LogP contribution in [0.4, 0.5) is 0 Å². The molecule has 0 heterocycles. The van der Waals surface area contributed by atoms with E-state index in [1.54, 1.807) is 61.5 Å². The van der Waals surface area contributed by atoms with E-state index < -0.39 is 16.0 Å². The minimum absolute atomic E-state index is 0.00335. The second kappa shape index (κ2) is 9.97. The summed E-state index contributed by atoms with van der Waals surface area (Å²) in [6.45, 7) is 1.79. The summed E-state index contributed by atoms with van der Waals surface area (Å²) in [5.74, 6) is -0.0794. The van der Waals surface area contributed by atoms with Crippen LogP contribution in [-0.4, -0.2) is 34.2 Å². The van der Waals surface area contributed by atoms with Gasteiger partial charge in [-0.15, -0.1) is 0 Å². The molecule has 0 aromatic heterocycles. The number of likely N-dealkylation sites (N-methyl/N-ethyl adjacent to an activating group) is 1. The lowest BCUT2D eigenvalue weighted by molar-refractivity contribution is -0.114. The number of amides is 1. The van der Waals surface area contributed by atoms with Crippen LogP contribution in [0.3, 0.4) is 0 Å². The van der Waals surface area contributed by atoms with Crippen LogP contribution in [0.2, 0.25) is 0 Å². The van der Waals surface area contributed by atoms with Crippen molar-refractivity contribution >= 4 is 21.7 Å². The Morgan fingerprint density at radius 2 is 1.56 bits per heavy atom. The third-order valence-electron chi connectivity index (χ3n) is 4.31. The molecule has 9 heteroatoms. The summed E-state index contributed by atoms with van der Waals surface area (Å²) in [6.07, 6.45) is 0. The molecule has 3 aromatic rings. The van der Waals surface area contributed by atoms with E-state index in [-0.39, 0.29) is 27.9 Å². The van der Waals surface area contributed by atoms with E-state index in [0.29, 0.717) is 5.56 Å². The molecule has 0 unspecified atom stereocenters. The normalized spacial score (nSPS) is 11.5. The SMILES string of the molecule is CNC(=O)/C(=N\OC)c1ccccc1Oc1ccccc1OS(=O)(=O)c1cccc(C)c1. The van der Waals surface area contributed by atoms with Gasteiger partial charge in [0.25, 0.3) is 5.91 Å². The first kappa shape index (κ1) is 22.8. The summed E-state index contributed by atoms with van der Waals surface area (Å²) in [5, 5.41) is 6.29. The van der Waals surface area contributed by atoms with Gasteiger partial charge in [0.2, 0.25) is 0 Å². The van der Waals surface area contributed by atoms with Crippen molar-refractivity contribution in [3.05, 3.63) is 83.9 Å². The highest BCUT2D eigenvalue weighted by Gasteiger charge is 2.22. The van der Waals surface area contributed by atoms with Gasteiger partial charge in [-0.3, -0.25) is 4.79 Å². The Balaban J connectivity index is 1.98. The standard InChI is InChI=1S/C23H22N2O6S/c1-16-9-8-10-17(15-16)32(27,28)31-21-14-7-6-13-20(21)30-19-12-5-4-11-18(19)22(25-29-3)23(26)24-2/h4-15H,1-3H3,(H,24,26)/b25-22-. The van der Waals surface area contributed by atoms with Gasteiger partial charge in [0.1, 0.15) is 17.8 Å². The summed E-state index contributed by atoms with van der Waals surface area (Å²) >= 11 is 0. The molecule has 0 saturated heterocycles. The van der Waals surface area contributed by atoms with Crippen molar-refractivity contribution in [1.29, 1.82) is 0 Å². The maximum absolute atomic E-state index is 12.8. The molecule has 32 heavy (non-hydrogen) atoms. The molecule has 3 rings (SSSR count). The Morgan fingerprint density at radius 1 is 0.906 bits per heavy atom. The second-order valence-corrected chi connectivity index (χ2v) is 8.15. The van der Waals surface area contributed by atoms with E-state index in [1.165, 1.54) is 32.4 Å². The molecule has 0 radical (unpaired) electrons. The number of hydrogen-bond donors (Lipinski definition) is 1. The van der Waals surface area contributed by atoms with Gasteiger partial charge in [-0.25, -0.2) is 0 Å². The van der Waals surface area contributed by atoms with Gasteiger partial charge in [-0.2, -0.15) is 8.42 Å². The second-order valence-electron chi connectivity index (χ2n) is 6.60. The van der Waals surface area contributed by atoms with Gasteiger partial charge < -0.3 is 19.1 Å². The molecular formula is C23H22N2O6S. The Kier molecular flexibility index (Phi) is 7.11. The molecule has 0 spiro atoms. The molecule has 166 valence electrons. The average molecular weight is 455 g/mol. The molecule has 1 N–H and O–H groups in total. The van der Waals surface area contributed by atoms with Gasteiger partial charge in [-0.05, 0) is 48.9 Å². The number of carbonyl (C=O) groups is 1. The maximum atomic E-state index is 12.8. The molecule has 1 amide bonds. The zero-order valence-corrected chi connectivity index (χ0v) is 18.5. The first-order chi connectivity index (χ1) is 15.4. The van der Waals surface area contributed by atoms with Crippen LogP contribution < -0.4 is 14.2 Å². The molecule has 0 bridgehead atoms. The molecule has 0 aliphatic heterocycles. The Morgan fingerprint density at radius 3 is 2.22 bits per heavy atom. The Labute approximate surface area is 186 Å². The highest BCUT2D eigenvalue weighted by Crippen LogP contribution is 2.35. The van der Waals surface area contributed by atoms with E-state index in [0.717, 1.165) is 5.56 Å². The van der Waals surface area contributed by atoms with Crippen molar-refractivity contribution in [2.75, 3.05) is 14.2 Å². The largest absolute Gasteiger partial charge is 0.453 e. The number of benzene rings is 3. The first-order valence-corrected chi connectivity index (χ1v) is 11.0. The molecular weight excluding hydrogens is 432 g/mol. The van der Waals surface area contributed by atoms with Crippen LogP contribution in [0, 0.1) is 6.92 Å². The third kappa shape index (κ3) is 5.25. The highest BCUT2D eigenvalue weighted by atomic mass is 32.2. The van der Waals surface area contributed by atoms with Gasteiger partial charge >= 0.3 is 10.1 Å². The van der Waals surface area contributed by atoms with Crippen molar-refractivity contribution in [2.24, 2.45) is 5.16 Å². The number of rotatable bonds is 8. The van der Waals surface area contributed by atoms with Crippen molar-refractivity contribution in [3.8, 4) is 17.2 Å². The van der Waals surface area contributed by atoms with Crippen LogP contribution in [0.25, 0.3) is 0 Å². The summed E-state index contributed by atoms with van der Waals surface area (Å²) in [5.41, 5.74) is 1.13. The molecule has 0 fully saturated rings. The lowest BCUT2D eigenvalue weighted by Gasteiger charge is -2.15. The fraction of sp³-hybridized carbons (Fsp3) is 0.130. The molecule has 0 aliphatic rings. The molecule has 8 nitrogen and oxygen atoms in total. The minimum atomic E-state index is -4.09. The van der Waals surface area contributed by atoms with E-state index >= 15 is 0 Å². The Hall–Kier alpha value is -3.85. The quantitative estimate of drug-likeness (QED) is 0.317. The summed E-state index contributed by atoms with van der Waals surface area (Å²) in [6, 6.07) is 19.4. The van der Waals surface area contributed by atoms with Crippen LogP contribution in [0.15, 0.2) is 82.8 Å². The number of nitrogens with one attached hydrogen (secondary N) is 1. The molecule has 3 aromatic carbocycles. The van der Waals surface area contributed by atoms with Gasteiger partial charge in [0, 0.05) is 7.05 Å². The van der Waals surface area contributed by atoms with E-state index in [9.17, 15) is 13.2 Å². The zero-order chi connectivity index (χ0) is 23.1. The van der Waals surface area contributed by atoms with Crippen LogP contribution in [-0.2, 0) is 19.8 Å². The van der Waals surface area contributed by atoms with Crippen molar-refractivity contribution in [2.45, 2.75) is 11.8 Å². The highest BCUT2D eigenvalue weighted by molar-refractivity contribution is 7.87. The van der Waals surface area contributed by atoms with E-state index in [4.69, 9.17) is 13.8 Å². The van der Waals surface area contributed by atoms with Gasteiger partial charge in [-0.1, -0.05) is 41.6 Å². The minimum Gasteiger partial charge on any atom is -0.453 e. The summed E-state index contributed by atoms with van der Waals surface area (Å²) < 4.78 is 36.9. The number of para-hydroxylation sites is 3. The molecule has 0 atom stereocenters. The van der Waals surface area contributed by atoms with E-state index in [1.807, 2.05) is 0 Å². The van der Waals surface area contributed by atoms with Crippen LogP contribution in [0.1, 0.15) is 11.1 Å². The van der Waals surface area contributed by atoms with Crippen molar-refractivity contribution in [1.82, 2.24) is 5.32 Å². The topological polar surface area (TPSA) is 103 Å². The fourth-order valence-corrected chi connectivity index (χ4v) is 3.88. The van der Waals surface area contributed by atoms with Crippen molar-refractivity contribution in [3.63, 3.8) is 0 Å². The van der Waals surface area contributed by atoms with Crippen molar-refractivity contribution < 1.29 is 27.0 Å². The lowest BCUT2D eigenvalue weighted by Crippen LogP contribution is -2.28. The van der Waals surface area contributed by atoms with Crippen LogP contribution >= 0.6 is 0 Å². The fourth-order valence-electron chi connectivity index (χ4n) is 2.83. The average Bonchev–Trinajstić information content (AvgIpc) is 2.78. The number of nitrogens with zero attached hydrogens (tertiary/aromatic N) is 1. The number of aryl methyl sites for hydroxylation is 1. The number of carbonyl (C=O) groups excluding carboxylic acids is 1. The lowest BCUT2D eigenvalue weighted by atomic mass is 10.1.